The lowest BCUT2D eigenvalue weighted by Crippen LogP contribution is -2.45. The molecule has 0 saturated carbocycles. The lowest BCUT2D eigenvalue weighted by atomic mass is 10.1. The number of aldehydes is 1. The van der Waals surface area contributed by atoms with Gasteiger partial charge in [0.25, 0.3) is 0 Å². The fraction of sp³-hybridized carbons (Fsp3) is 0.429. The Hall–Kier alpha value is -1.71. The van der Waals surface area contributed by atoms with E-state index in [1.807, 2.05) is 6.07 Å². The van der Waals surface area contributed by atoms with Gasteiger partial charge in [-0.2, -0.15) is 9.57 Å². The summed E-state index contributed by atoms with van der Waals surface area (Å²) < 4.78 is 26.2. The minimum Gasteiger partial charge on any atom is -0.302 e. The molecule has 1 atom stereocenters. The monoisotopic (exact) mass is 292 g/mol. The van der Waals surface area contributed by atoms with Crippen LogP contribution in [-0.4, -0.2) is 31.6 Å². The molecule has 0 aliphatic carbocycles. The zero-order valence-corrected chi connectivity index (χ0v) is 11.8. The highest BCUT2D eigenvalue weighted by Crippen LogP contribution is 2.22. The summed E-state index contributed by atoms with van der Waals surface area (Å²) in [5, 5.41) is 9.01. The van der Waals surface area contributed by atoms with Crippen molar-refractivity contribution in [2.45, 2.75) is 31.1 Å². The number of carbonyl (C=O) groups excluding carboxylic acids is 1. The third-order valence-electron chi connectivity index (χ3n) is 3.49. The van der Waals surface area contributed by atoms with Crippen molar-refractivity contribution in [2.75, 3.05) is 6.54 Å². The van der Waals surface area contributed by atoms with Crippen LogP contribution in [0.1, 0.15) is 30.4 Å². The van der Waals surface area contributed by atoms with Gasteiger partial charge in [0.2, 0.25) is 10.0 Å². The van der Waals surface area contributed by atoms with Gasteiger partial charge in [0.15, 0.2) is 0 Å². The van der Waals surface area contributed by atoms with Crippen LogP contribution in [0.4, 0.5) is 0 Å². The zero-order valence-electron chi connectivity index (χ0n) is 11.0. The van der Waals surface area contributed by atoms with E-state index in [2.05, 4.69) is 0 Å². The average Bonchev–Trinajstić information content (AvgIpc) is 2.47. The van der Waals surface area contributed by atoms with Crippen LogP contribution in [0.3, 0.4) is 0 Å². The fourth-order valence-corrected chi connectivity index (χ4v) is 4.23. The molecule has 0 spiro atoms. The maximum Gasteiger partial charge on any atom is 0.218 e. The summed E-state index contributed by atoms with van der Waals surface area (Å²) in [5.74, 6) is -0.235. The van der Waals surface area contributed by atoms with E-state index in [-0.39, 0.29) is 5.75 Å². The van der Waals surface area contributed by atoms with E-state index in [1.165, 1.54) is 4.31 Å². The van der Waals surface area contributed by atoms with Crippen molar-refractivity contribution >= 4 is 16.3 Å². The lowest BCUT2D eigenvalue weighted by molar-refractivity contribution is -0.111. The Morgan fingerprint density at radius 1 is 1.35 bits per heavy atom. The Morgan fingerprint density at radius 2 is 2.10 bits per heavy atom. The van der Waals surface area contributed by atoms with E-state index >= 15 is 0 Å². The first-order valence-corrected chi connectivity index (χ1v) is 8.12. The van der Waals surface area contributed by atoms with Gasteiger partial charge in [0.05, 0.1) is 23.4 Å². The van der Waals surface area contributed by atoms with E-state index in [0.29, 0.717) is 30.4 Å². The Kier molecular flexibility index (Phi) is 4.53. The first kappa shape index (κ1) is 14.7. The number of hydrogen-bond acceptors (Lipinski definition) is 4. The predicted molar refractivity (Wildman–Crippen MR) is 74.2 cm³/mol. The van der Waals surface area contributed by atoms with Crippen LogP contribution in [0.15, 0.2) is 24.3 Å². The number of nitriles is 1. The van der Waals surface area contributed by atoms with Gasteiger partial charge in [0.1, 0.15) is 6.29 Å². The van der Waals surface area contributed by atoms with Crippen molar-refractivity contribution in [1.29, 1.82) is 5.26 Å². The van der Waals surface area contributed by atoms with Gasteiger partial charge < -0.3 is 4.79 Å². The van der Waals surface area contributed by atoms with Gasteiger partial charge in [-0.1, -0.05) is 24.6 Å². The molecule has 106 valence electrons. The number of carbonyl (C=O) groups is 1. The number of hydrogen-bond donors (Lipinski definition) is 0. The quantitative estimate of drug-likeness (QED) is 0.787. The van der Waals surface area contributed by atoms with E-state index in [0.717, 1.165) is 12.8 Å². The maximum absolute atomic E-state index is 12.5. The van der Waals surface area contributed by atoms with Crippen LogP contribution in [0, 0.1) is 11.3 Å². The third-order valence-corrected chi connectivity index (χ3v) is 5.33. The molecule has 1 aliphatic heterocycles. The molecule has 6 heteroatoms. The zero-order chi connectivity index (χ0) is 14.6. The second-order valence-corrected chi connectivity index (χ2v) is 6.76. The van der Waals surface area contributed by atoms with Gasteiger partial charge in [-0.25, -0.2) is 8.42 Å². The van der Waals surface area contributed by atoms with Crippen molar-refractivity contribution in [3.63, 3.8) is 0 Å². The molecule has 0 bridgehead atoms. The van der Waals surface area contributed by atoms with E-state index in [1.54, 1.807) is 24.3 Å². The molecule has 5 nitrogen and oxygen atoms in total. The molecule has 0 radical (unpaired) electrons. The number of benzene rings is 1. The predicted octanol–water partition coefficient (Wildman–Crippen LogP) is 1.44. The Bertz CT molecular complexity index is 634. The van der Waals surface area contributed by atoms with Gasteiger partial charge in [-0.3, -0.25) is 0 Å². The molecule has 1 aliphatic rings. The number of piperidine rings is 1. The summed E-state index contributed by atoms with van der Waals surface area (Å²) >= 11 is 0. The van der Waals surface area contributed by atoms with Gasteiger partial charge in [-0.05, 0) is 24.5 Å². The molecular weight excluding hydrogens is 276 g/mol. The van der Waals surface area contributed by atoms with Crippen molar-refractivity contribution in [1.82, 2.24) is 4.31 Å². The van der Waals surface area contributed by atoms with Crippen LogP contribution in [0.5, 0.6) is 0 Å². The molecule has 2 rings (SSSR count). The smallest absolute Gasteiger partial charge is 0.218 e. The number of nitrogens with zero attached hydrogens (tertiary/aromatic N) is 2. The molecule has 1 fully saturated rings. The number of rotatable bonds is 4. The molecule has 0 aromatic heterocycles. The first-order chi connectivity index (χ1) is 9.58. The highest BCUT2D eigenvalue weighted by atomic mass is 32.2. The minimum absolute atomic E-state index is 0.235. The molecule has 1 saturated heterocycles. The standard InChI is InChI=1S/C14H16N2O3S/c15-9-12-5-1-2-6-13(12)11-20(18,19)16-8-4-3-7-14(16)10-17/h1-2,5-6,10,14H,3-4,7-8,11H2. The summed E-state index contributed by atoms with van der Waals surface area (Å²) in [6.07, 6.45) is 2.91. The normalized spacial score (nSPS) is 20.2. The molecule has 20 heavy (non-hydrogen) atoms. The summed E-state index contributed by atoms with van der Waals surface area (Å²) in [4.78, 5) is 11.0. The van der Waals surface area contributed by atoms with E-state index in [4.69, 9.17) is 5.26 Å². The highest BCUT2D eigenvalue weighted by molar-refractivity contribution is 7.88. The van der Waals surface area contributed by atoms with Gasteiger partial charge in [0, 0.05) is 6.54 Å². The highest BCUT2D eigenvalue weighted by Gasteiger charge is 2.32. The Morgan fingerprint density at radius 3 is 2.80 bits per heavy atom. The SMILES string of the molecule is N#Cc1ccccc1CS(=O)(=O)N1CCCCC1C=O. The summed E-state index contributed by atoms with van der Waals surface area (Å²) in [7, 11) is -3.58. The summed E-state index contributed by atoms with van der Waals surface area (Å²) in [6.45, 7) is 0.375. The van der Waals surface area contributed by atoms with Crippen molar-refractivity contribution < 1.29 is 13.2 Å². The second kappa shape index (κ2) is 6.16. The molecule has 1 unspecified atom stereocenters. The van der Waals surface area contributed by atoms with Crippen LogP contribution >= 0.6 is 0 Å². The Balaban J connectivity index is 2.27. The summed E-state index contributed by atoms with van der Waals surface area (Å²) in [5.41, 5.74) is 0.834. The summed E-state index contributed by atoms with van der Waals surface area (Å²) in [6, 6.07) is 8.06. The van der Waals surface area contributed by atoms with Crippen LogP contribution in [-0.2, 0) is 20.6 Å². The molecule has 1 aromatic rings. The van der Waals surface area contributed by atoms with E-state index in [9.17, 15) is 13.2 Å². The minimum atomic E-state index is -3.58. The molecule has 0 N–H and O–H groups in total. The molecule has 0 amide bonds. The second-order valence-electron chi connectivity index (χ2n) is 4.84. The molecule has 1 aromatic carbocycles. The van der Waals surface area contributed by atoms with E-state index < -0.39 is 16.1 Å². The molecular formula is C14H16N2O3S. The Labute approximate surface area is 118 Å². The maximum atomic E-state index is 12.5. The van der Waals surface area contributed by atoms with Crippen molar-refractivity contribution in [2.24, 2.45) is 0 Å². The van der Waals surface area contributed by atoms with Crippen LogP contribution in [0.25, 0.3) is 0 Å². The first-order valence-electron chi connectivity index (χ1n) is 6.51. The number of sulfonamides is 1. The lowest BCUT2D eigenvalue weighted by Gasteiger charge is -2.31. The van der Waals surface area contributed by atoms with Crippen LogP contribution < -0.4 is 0 Å². The van der Waals surface area contributed by atoms with Crippen molar-refractivity contribution in [3.05, 3.63) is 35.4 Å². The fourth-order valence-electron chi connectivity index (χ4n) is 2.45. The van der Waals surface area contributed by atoms with Crippen LogP contribution in [0.2, 0.25) is 0 Å². The van der Waals surface area contributed by atoms with Crippen molar-refractivity contribution in [3.8, 4) is 6.07 Å². The topological polar surface area (TPSA) is 78.2 Å². The third kappa shape index (κ3) is 3.06. The average molecular weight is 292 g/mol. The van der Waals surface area contributed by atoms with Gasteiger partial charge >= 0.3 is 0 Å². The van der Waals surface area contributed by atoms with Gasteiger partial charge in [-0.15, -0.1) is 0 Å². The molecule has 1 heterocycles. The largest absolute Gasteiger partial charge is 0.302 e.